The van der Waals surface area contributed by atoms with Crippen molar-refractivity contribution in [2.75, 3.05) is 20.8 Å². The highest BCUT2D eigenvalue weighted by Gasteiger charge is 2.24. The number of rotatable bonds is 3. The number of aliphatic hydroxyl groups excluding tert-OH is 1. The van der Waals surface area contributed by atoms with Crippen LogP contribution in [0.5, 0.6) is 11.5 Å². The fraction of sp³-hybridized carbons (Fsp3) is 0.538. The molecule has 100 valence electrons. The third-order valence-electron chi connectivity index (χ3n) is 3.08. The average Bonchev–Trinajstić information content (AvgIpc) is 2.37. The predicted molar refractivity (Wildman–Crippen MR) is 68.5 cm³/mol. The standard InChI is InChI=1S/C13H17ClO4/c1-16-12-6-8(5-10(14)13(12)17-2)11-7-9(15)3-4-18-11/h5-6,9,11,15H,3-4,7H2,1-2H3. The lowest BCUT2D eigenvalue weighted by atomic mass is 9.99. The monoisotopic (exact) mass is 272 g/mol. The van der Waals surface area contributed by atoms with Gasteiger partial charge in [-0.05, 0) is 24.1 Å². The molecule has 1 aromatic carbocycles. The van der Waals surface area contributed by atoms with Crippen molar-refractivity contribution >= 4 is 11.6 Å². The molecule has 1 aromatic rings. The van der Waals surface area contributed by atoms with Crippen LogP contribution >= 0.6 is 11.6 Å². The Balaban J connectivity index is 2.30. The van der Waals surface area contributed by atoms with Crippen LogP contribution in [0.3, 0.4) is 0 Å². The molecule has 4 nitrogen and oxygen atoms in total. The Morgan fingerprint density at radius 1 is 1.33 bits per heavy atom. The van der Waals surface area contributed by atoms with Crippen LogP contribution in [-0.4, -0.2) is 32.0 Å². The topological polar surface area (TPSA) is 47.9 Å². The van der Waals surface area contributed by atoms with Crippen molar-refractivity contribution in [2.24, 2.45) is 0 Å². The van der Waals surface area contributed by atoms with E-state index < -0.39 is 0 Å². The first-order chi connectivity index (χ1) is 8.65. The summed E-state index contributed by atoms with van der Waals surface area (Å²) >= 11 is 6.15. The largest absolute Gasteiger partial charge is 0.493 e. The number of benzene rings is 1. The molecule has 0 aromatic heterocycles. The van der Waals surface area contributed by atoms with Crippen LogP contribution in [0.4, 0.5) is 0 Å². The van der Waals surface area contributed by atoms with Gasteiger partial charge >= 0.3 is 0 Å². The summed E-state index contributed by atoms with van der Waals surface area (Å²) in [5.74, 6) is 1.09. The van der Waals surface area contributed by atoms with E-state index in [1.165, 1.54) is 0 Å². The Kier molecular flexibility index (Phi) is 4.32. The minimum Gasteiger partial charge on any atom is -0.493 e. The smallest absolute Gasteiger partial charge is 0.179 e. The van der Waals surface area contributed by atoms with E-state index >= 15 is 0 Å². The van der Waals surface area contributed by atoms with Gasteiger partial charge in [-0.2, -0.15) is 0 Å². The maximum atomic E-state index is 9.67. The van der Waals surface area contributed by atoms with Gasteiger partial charge in [-0.3, -0.25) is 0 Å². The molecule has 0 bridgehead atoms. The lowest BCUT2D eigenvalue weighted by molar-refractivity contribution is -0.0448. The van der Waals surface area contributed by atoms with E-state index in [2.05, 4.69) is 0 Å². The molecule has 1 aliphatic rings. The quantitative estimate of drug-likeness (QED) is 0.919. The molecule has 1 saturated heterocycles. The zero-order valence-electron chi connectivity index (χ0n) is 10.5. The van der Waals surface area contributed by atoms with Gasteiger partial charge in [0, 0.05) is 13.0 Å². The van der Waals surface area contributed by atoms with Crippen LogP contribution < -0.4 is 9.47 Å². The van der Waals surface area contributed by atoms with Crippen molar-refractivity contribution < 1.29 is 19.3 Å². The molecule has 0 amide bonds. The van der Waals surface area contributed by atoms with E-state index in [9.17, 15) is 5.11 Å². The van der Waals surface area contributed by atoms with Gasteiger partial charge in [0.1, 0.15) is 0 Å². The first kappa shape index (κ1) is 13.5. The van der Waals surface area contributed by atoms with E-state index in [0.717, 1.165) is 5.56 Å². The Morgan fingerprint density at radius 3 is 2.72 bits per heavy atom. The Labute approximate surface area is 111 Å². The van der Waals surface area contributed by atoms with E-state index in [-0.39, 0.29) is 12.2 Å². The maximum Gasteiger partial charge on any atom is 0.179 e. The highest BCUT2D eigenvalue weighted by atomic mass is 35.5. The Morgan fingerprint density at radius 2 is 2.11 bits per heavy atom. The van der Waals surface area contributed by atoms with Crippen LogP contribution in [0.1, 0.15) is 24.5 Å². The fourth-order valence-corrected chi connectivity index (χ4v) is 2.43. The van der Waals surface area contributed by atoms with Gasteiger partial charge in [0.05, 0.1) is 31.5 Å². The first-order valence-corrected chi connectivity index (χ1v) is 6.24. The van der Waals surface area contributed by atoms with Gasteiger partial charge in [-0.25, -0.2) is 0 Å². The Hall–Kier alpha value is -0.970. The molecule has 2 atom stereocenters. The Bertz CT molecular complexity index is 422. The van der Waals surface area contributed by atoms with E-state index in [1.807, 2.05) is 6.07 Å². The molecule has 0 spiro atoms. The van der Waals surface area contributed by atoms with Gasteiger partial charge in [-0.1, -0.05) is 11.6 Å². The molecule has 5 heteroatoms. The SMILES string of the molecule is COc1cc(C2CC(O)CCO2)cc(Cl)c1OC. The number of methoxy groups -OCH3 is 2. The van der Waals surface area contributed by atoms with Gasteiger partial charge in [-0.15, -0.1) is 0 Å². The number of aliphatic hydroxyl groups is 1. The average molecular weight is 273 g/mol. The first-order valence-electron chi connectivity index (χ1n) is 5.86. The van der Waals surface area contributed by atoms with Crippen molar-refractivity contribution in [3.8, 4) is 11.5 Å². The molecule has 1 fully saturated rings. The van der Waals surface area contributed by atoms with Gasteiger partial charge in [0.25, 0.3) is 0 Å². The highest BCUT2D eigenvalue weighted by Crippen LogP contribution is 2.40. The number of ether oxygens (including phenoxy) is 3. The second-order valence-corrected chi connectivity index (χ2v) is 4.68. The van der Waals surface area contributed by atoms with Crippen LogP contribution in [0, 0.1) is 0 Å². The van der Waals surface area contributed by atoms with E-state index in [0.29, 0.717) is 36.0 Å². The molecular weight excluding hydrogens is 256 g/mol. The van der Waals surface area contributed by atoms with Gasteiger partial charge in [0.2, 0.25) is 0 Å². The zero-order valence-corrected chi connectivity index (χ0v) is 11.2. The number of hydrogen-bond acceptors (Lipinski definition) is 4. The molecule has 1 heterocycles. The van der Waals surface area contributed by atoms with Crippen molar-refractivity contribution in [1.82, 2.24) is 0 Å². The molecule has 0 aliphatic carbocycles. The lowest BCUT2D eigenvalue weighted by Crippen LogP contribution is -2.23. The molecule has 0 radical (unpaired) electrons. The molecule has 0 saturated carbocycles. The van der Waals surface area contributed by atoms with Crippen molar-refractivity contribution in [3.05, 3.63) is 22.7 Å². The second kappa shape index (κ2) is 5.78. The number of hydrogen-bond donors (Lipinski definition) is 1. The lowest BCUT2D eigenvalue weighted by Gasteiger charge is -2.27. The van der Waals surface area contributed by atoms with Crippen LogP contribution in [0.25, 0.3) is 0 Å². The highest BCUT2D eigenvalue weighted by molar-refractivity contribution is 6.32. The fourth-order valence-electron chi connectivity index (χ4n) is 2.14. The molecule has 2 rings (SSSR count). The summed E-state index contributed by atoms with van der Waals surface area (Å²) in [5, 5.41) is 10.2. The van der Waals surface area contributed by atoms with Gasteiger partial charge in [0.15, 0.2) is 11.5 Å². The third kappa shape index (κ3) is 2.71. The summed E-state index contributed by atoms with van der Waals surface area (Å²) in [4.78, 5) is 0. The van der Waals surface area contributed by atoms with Crippen LogP contribution in [-0.2, 0) is 4.74 Å². The number of halogens is 1. The molecule has 1 N–H and O–H groups in total. The minimum absolute atomic E-state index is 0.147. The molecule has 2 unspecified atom stereocenters. The zero-order chi connectivity index (χ0) is 13.1. The molecule has 1 aliphatic heterocycles. The molecular formula is C13H17ClO4. The summed E-state index contributed by atoms with van der Waals surface area (Å²) in [7, 11) is 3.11. The normalized spacial score (nSPS) is 23.8. The van der Waals surface area contributed by atoms with Crippen LogP contribution in [0.2, 0.25) is 5.02 Å². The van der Waals surface area contributed by atoms with E-state index in [4.69, 9.17) is 25.8 Å². The van der Waals surface area contributed by atoms with Crippen molar-refractivity contribution in [1.29, 1.82) is 0 Å². The summed E-state index contributed by atoms with van der Waals surface area (Å²) in [6.45, 7) is 0.553. The molecule has 18 heavy (non-hydrogen) atoms. The van der Waals surface area contributed by atoms with Crippen LogP contribution in [0.15, 0.2) is 12.1 Å². The second-order valence-electron chi connectivity index (χ2n) is 4.28. The van der Waals surface area contributed by atoms with E-state index in [1.54, 1.807) is 20.3 Å². The predicted octanol–water partition coefficient (Wildman–Crippen LogP) is 2.57. The maximum absolute atomic E-state index is 9.67. The summed E-state index contributed by atoms with van der Waals surface area (Å²) in [6.07, 6.45) is 0.783. The summed E-state index contributed by atoms with van der Waals surface area (Å²) < 4.78 is 16.1. The third-order valence-corrected chi connectivity index (χ3v) is 3.36. The van der Waals surface area contributed by atoms with Crippen molar-refractivity contribution in [3.63, 3.8) is 0 Å². The minimum atomic E-state index is -0.323. The van der Waals surface area contributed by atoms with Gasteiger partial charge < -0.3 is 19.3 Å². The summed E-state index contributed by atoms with van der Waals surface area (Å²) in [5.41, 5.74) is 0.899. The van der Waals surface area contributed by atoms with Crippen molar-refractivity contribution in [2.45, 2.75) is 25.0 Å². The summed E-state index contributed by atoms with van der Waals surface area (Å²) in [6, 6.07) is 3.64.